The molecule has 1 saturated heterocycles. The molecule has 2 aromatic heterocycles. The Morgan fingerprint density at radius 2 is 1.96 bits per heavy atom. The van der Waals surface area contributed by atoms with Gasteiger partial charge in [0.1, 0.15) is 0 Å². The number of carbonyl (C=O) groups excluding carboxylic acids is 2. The highest BCUT2D eigenvalue weighted by atomic mass is 16.2. The molecular weight excluding hydrogens is 306 g/mol. The zero-order valence-corrected chi connectivity index (χ0v) is 14.2. The largest absolute Gasteiger partial charge is 0.349 e. The van der Waals surface area contributed by atoms with Crippen molar-refractivity contribution in [3.05, 3.63) is 35.9 Å². The number of likely N-dealkylation sites (N-methyl/N-ethyl adjacent to an activating group) is 1. The third kappa shape index (κ3) is 3.12. The van der Waals surface area contributed by atoms with E-state index in [-0.39, 0.29) is 17.6 Å². The summed E-state index contributed by atoms with van der Waals surface area (Å²) in [6.45, 7) is 5.63. The number of fused-ring (bicyclic) bond motifs is 1. The van der Waals surface area contributed by atoms with Gasteiger partial charge in [0.05, 0.1) is 5.52 Å². The van der Waals surface area contributed by atoms with Gasteiger partial charge >= 0.3 is 0 Å². The number of nitrogens with one attached hydrogen (secondary N) is 1. The number of piperazine rings is 1. The highest BCUT2D eigenvalue weighted by Gasteiger charge is 2.26. The van der Waals surface area contributed by atoms with Crippen LogP contribution in [-0.2, 0) is 0 Å². The first kappa shape index (κ1) is 16.4. The maximum Gasteiger partial charge on any atom is 0.287 e. The molecule has 0 saturated carbocycles. The number of hydrogen-bond acceptors (Lipinski definition) is 4. The first-order valence-corrected chi connectivity index (χ1v) is 8.35. The van der Waals surface area contributed by atoms with Gasteiger partial charge in [0.15, 0.2) is 5.69 Å². The highest BCUT2D eigenvalue weighted by Crippen LogP contribution is 2.16. The van der Waals surface area contributed by atoms with Crippen LogP contribution < -0.4 is 5.32 Å². The van der Waals surface area contributed by atoms with Crippen LogP contribution in [0.5, 0.6) is 0 Å². The number of carbonyl (C=O) groups is 2. The minimum atomic E-state index is -0.254. The van der Waals surface area contributed by atoms with Crippen molar-refractivity contribution < 1.29 is 9.59 Å². The highest BCUT2D eigenvalue weighted by molar-refractivity contribution is 6.02. The van der Waals surface area contributed by atoms with Gasteiger partial charge in [0.25, 0.3) is 11.8 Å². The van der Waals surface area contributed by atoms with E-state index in [1.165, 1.54) is 0 Å². The van der Waals surface area contributed by atoms with Crippen LogP contribution in [0.1, 0.15) is 34.5 Å². The summed E-state index contributed by atoms with van der Waals surface area (Å²) >= 11 is 0. The molecule has 0 unspecified atom stereocenters. The van der Waals surface area contributed by atoms with Gasteiger partial charge in [-0.25, -0.2) is 4.98 Å². The molecule has 24 heavy (non-hydrogen) atoms. The monoisotopic (exact) mass is 329 g/mol. The number of imidazole rings is 1. The predicted molar refractivity (Wildman–Crippen MR) is 91.2 cm³/mol. The van der Waals surface area contributed by atoms with Gasteiger partial charge in [-0.05, 0) is 25.6 Å². The summed E-state index contributed by atoms with van der Waals surface area (Å²) in [5.74, 6) is -0.103. The van der Waals surface area contributed by atoms with Crippen molar-refractivity contribution >= 4 is 17.3 Å². The Kier molecular flexibility index (Phi) is 4.80. The molecule has 128 valence electrons. The van der Waals surface area contributed by atoms with E-state index in [4.69, 9.17) is 0 Å². The summed E-state index contributed by atoms with van der Waals surface area (Å²) in [7, 11) is 2.05. The molecule has 2 aromatic rings. The molecule has 0 spiro atoms. The number of amides is 2. The van der Waals surface area contributed by atoms with Crippen molar-refractivity contribution in [2.24, 2.45) is 0 Å². The van der Waals surface area contributed by atoms with Crippen LogP contribution in [0.15, 0.2) is 24.4 Å². The normalized spacial score (nSPS) is 15.7. The average Bonchev–Trinajstić information content (AvgIpc) is 2.99. The Morgan fingerprint density at radius 3 is 2.67 bits per heavy atom. The molecule has 1 aliphatic rings. The van der Waals surface area contributed by atoms with Crippen LogP contribution in [0.25, 0.3) is 5.52 Å². The number of nitrogens with zero attached hydrogens (tertiary/aromatic N) is 4. The molecule has 3 rings (SSSR count). The lowest BCUT2D eigenvalue weighted by Gasteiger charge is -2.32. The number of aromatic nitrogens is 2. The minimum absolute atomic E-state index is 0.110. The molecule has 1 N–H and O–H groups in total. The van der Waals surface area contributed by atoms with Crippen molar-refractivity contribution in [3.8, 4) is 0 Å². The first-order valence-electron chi connectivity index (χ1n) is 8.35. The Labute approximate surface area is 141 Å². The lowest BCUT2D eigenvalue weighted by Crippen LogP contribution is -2.47. The third-order valence-corrected chi connectivity index (χ3v) is 4.28. The van der Waals surface area contributed by atoms with Crippen LogP contribution in [-0.4, -0.2) is 70.8 Å². The summed E-state index contributed by atoms with van der Waals surface area (Å²) in [5.41, 5.74) is 1.02. The van der Waals surface area contributed by atoms with E-state index in [0.29, 0.717) is 30.8 Å². The molecule has 1 aliphatic heterocycles. The van der Waals surface area contributed by atoms with Crippen molar-refractivity contribution in [1.29, 1.82) is 0 Å². The molecule has 0 aliphatic carbocycles. The van der Waals surface area contributed by atoms with Crippen LogP contribution in [0.4, 0.5) is 0 Å². The van der Waals surface area contributed by atoms with E-state index in [2.05, 4.69) is 15.2 Å². The van der Waals surface area contributed by atoms with Gasteiger partial charge in [-0.2, -0.15) is 0 Å². The molecule has 0 aromatic carbocycles. The summed E-state index contributed by atoms with van der Waals surface area (Å²) in [6, 6.07) is 5.51. The average molecular weight is 329 g/mol. The molecule has 0 atom stereocenters. The third-order valence-electron chi connectivity index (χ3n) is 4.28. The van der Waals surface area contributed by atoms with E-state index < -0.39 is 0 Å². The molecule has 1 fully saturated rings. The summed E-state index contributed by atoms with van der Waals surface area (Å²) < 4.78 is 1.69. The maximum absolute atomic E-state index is 12.9. The Morgan fingerprint density at radius 1 is 1.21 bits per heavy atom. The Bertz CT molecular complexity index is 747. The van der Waals surface area contributed by atoms with Gasteiger partial charge < -0.3 is 15.1 Å². The summed E-state index contributed by atoms with van der Waals surface area (Å²) in [4.78, 5) is 33.6. The van der Waals surface area contributed by atoms with Crippen LogP contribution in [0.3, 0.4) is 0 Å². The van der Waals surface area contributed by atoms with E-state index in [0.717, 1.165) is 19.5 Å². The fourth-order valence-corrected chi connectivity index (χ4v) is 2.83. The molecule has 0 bridgehead atoms. The number of hydrogen-bond donors (Lipinski definition) is 1. The number of rotatable bonds is 4. The van der Waals surface area contributed by atoms with Crippen molar-refractivity contribution in [2.45, 2.75) is 13.3 Å². The van der Waals surface area contributed by atoms with Crippen molar-refractivity contribution in [1.82, 2.24) is 24.5 Å². The molecule has 0 radical (unpaired) electrons. The molecule has 7 heteroatoms. The van der Waals surface area contributed by atoms with Crippen molar-refractivity contribution in [3.63, 3.8) is 0 Å². The quantitative estimate of drug-likeness (QED) is 0.903. The standard InChI is InChI=1S/C17H23N5O2/c1-3-7-18-16(23)15-19-14(13-6-4-5-8-22(13)15)17(24)21-11-9-20(2)10-12-21/h4-6,8H,3,7,9-12H2,1-2H3,(H,18,23). The van der Waals surface area contributed by atoms with E-state index in [9.17, 15) is 9.59 Å². The molecule has 2 amide bonds. The Balaban J connectivity index is 1.93. The second kappa shape index (κ2) is 7.00. The zero-order valence-electron chi connectivity index (χ0n) is 14.2. The van der Waals surface area contributed by atoms with Gasteiger partial charge in [0, 0.05) is 38.9 Å². The van der Waals surface area contributed by atoms with Crippen LogP contribution in [0, 0.1) is 0 Å². The van der Waals surface area contributed by atoms with Gasteiger partial charge in [-0.15, -0.1) is 0 Å². The van der Waals surface area contributed by atoms with E-state index in [1.807, 2.05) is 37.1 Å². The van der Waals surface area contributed by atoms with Crippen molar-refractivity contribution in [2.75, 3.05) is 39.8 Å². The first-order chi connectivity index (χ1) is 11.6. The van der Waals surface area contributed by atoms with Gasteiger partial charge in [0.2, 0.25) is 5.82 Å². The van der Waals surface area contributed by atoms with Gasteiger partial charge in [-0.1, -0.05) is 13.0 Å². The maximum atomic E-state index is 12.9. The van der Waals surface area contributed by atoms with Crippen LogP contribution >= 0.6 is 0 Å². The molecule has 3 heterocycles. The molecule has 7 nitrogen and oxygen atoms in total. The Hall–Kier alpha value is -2.41. The lowest BCUT2D eigenvalue weighted by molar-refractivity contribution is 0.0661. The molecular formula is C17H23N5O2. The smallest absolute Gasteiger partial charge is 0.287 e. The van der Waals surface area contributed by atoms with Gasteiger partial charge in [-0.3, -0.25) is 14.0 Å². The predicted octanol–water partition coefficient (Wildman–Crippen LogP) is 0.862. The lowest BCUT2D eigenvalue weighted by atomic mass is 10.2. The topological polar surface area (TPSA) is 70.0 Å². The fraction of sp³-hybridized carbons (Fsp3) is 0.471. The van der Waals surface area contributed by atoms with E-state index >= 15 is 0 Å². The SMILES string of the molecule is CCCNC(=O)c1nc(C(=O)N2CCN(C)CC2)c2ccccn12. The second-order valence-electron chi connectivity index (χ2n) is 6.09. The second-order valence-corrected chi connectivity index (χ2v) is 6.09. The number of pyridine rings is 1. The summed E-state index contributed by atoms with van der Waals surface area (Å²) in [6.07, 6.45) is 2.62. The zero-order chi connectivity index (χ0) is 17.1. The fourth-order valence-electron chi connectivity index (χ4n) is 2.83. The minimum Gasteiger partial charge on any atom is -0.349 e. The van der Waals surface area contributed by atoms with Crippen LogP contribution in [0.2, 0.25) is 0 Å². The summed E-state index contributed by atoms with van der Waals surface area (Å²) in [5, 5.41) is 2.82. The van der Waals surface area contributed by atoms with E-state index in [1.54, 1.807) is 10.6 Å².